The lowest BCUT2D eigenvalue weighted by atomic mass is 10.1. The molecule has 1 heterocycles. The number of pyridine rings is 1. The lowest BCUT2D eigenvalue weighted by Gasteiger charge is -2.30. The van der Waals surface area contributed by atoms with Gasteiger partial charge in [-0.15, -0.1) is 0 Å². The van der Waals surface area contributed by atoms with Gasteiger partial charge < -0.3 is 10.6 Å². The molecule has 1 fully saturated rings. The Labute approximate surface area is 114 Å². The van der Waals surface area contributed by atoms with E-state index in [-0.39, 0.29) is 0 Å². The number of anilines is 1. The second-order valence-corrected chi connectivity index (χ2v) is 5.35. The quantitative estimate of drug-likeness (QED) is 0.848. The highest BCUT2D eigenvalue weighted by Crippen LogP contribution is 2.29. The minimum atomic E-state index is 0.451. The van der Waals surface area contributed by atoms with Crippen molar-refractivity contribution in [3.63, 3.8) is 0 Å². The number of aromatic nitrogens is 1. The van der Waals surface area contributed by atoms with Crippen molar-refractivity contribution in [2.75, 3.05) is 11.4 Å². The number of hydrogen-bond acceptors (Lipinski definition) is 3. The smallest absolute Gasteiger partial charge is 0.139 e. The van der Waals surface area contributed by atoms with Crippen LogP contribution in [0.5, 0.6) is 0 Å². The Balaban J connectivity index is 2.41. The number of nitrogens with two attached hydrogens (primary N) is 1. The molecular formula is C14H21N3S. The molecule has 0 aliphatic heterocycles. The van der Waals surface area contributed by atoms with Crippen molar-refractivity contribution in [2.24, 2.45) is 5.73 Å². The zero-order valence-electron chi connectivity index (χ0n) is 11.1. The van der Waals surface area contributed by atoms with Gasteiger partial charge in [-0.05, 0) is 38.3 Å². The molecule has 1 saturated carbocycles. The molecule has 0 spiro atoms. The summed E-state index contributed by atoms with van der Waals surface area (Å²) < 4.78 is 0. The summed E-state index contributed by atoms with van der Waals surface area (Å²) in [5.74, 6) is 0.969. The maximum Gasteiger partial charge on any atom is 0.139 e. The molecule has 1 aromatic rings. The first-order valence-corrected chi connectivity index (χ1v) is 7.08. The van der Waals surface area contributed by atoms with E-state index in [2.05, 4.69) is 16.8 Å². The minimum Gasteiger partial charge on any atom is -0.389 e. The Morgan fingerprint density at radius 3 is 2.72 bits per heavy atom. The second-order valence-electron chi connectivity index (χ2n) is 4.92. The van der Waals surface area contributed by atoms with Crippen molar-refractivity contribution in [3.05, 3.63) is 23.4 Å². The molecule has 0 aromatic carbocycles. The first-order valence-electron chi connectivity index (χ1n) is 6.67. The van der Waals surface area contributed by atoms with E-state index in [0.29, 0.717) is 11.0 Å². The van der Waals surface area contributed by atoms with Crippen LogP contribution in [0.15, 0.2) is 12.3 Å². The Hall–Kier alpha value is -1.16. The lowest BCUT2D eigenvalue weighted by Crippen LogP contribution is -2.35. The van der Waals surface area contributed by atoms with Crippen LogP contribution in [0.1, 0.15) is 43.7 Å². The second kappa shape index (κ2) is 5.65. The van der Waals surface area contributed by atoms with Crippen LogP contribution in [0.4, 0.5) is 5.82 Å². The highest BCUT2D eigenvalue weighted by atomic mass is 32.1. The van der Waals surface area contributed by atoms with E-state index in [0.717, 1.165) is 23.5 Å². The SMILES string of the molecule is CCN(c1nccc(C)c1C(N)=S)C1CCCC1. The monoisotopic (exact) mass is 263 g/mol. The summed E-state index contributed by atoms with van der Waals surface area (Å²) in [7, 11) is 0. The predicted octanol–water partition coefficient (Wildman–Crippen LogP) is 2.79. The summed E-state index contributed by atoms with van der Waals surface area (Å²) in [5, 5.41) is 0. The highest BCUT2D eigenvalue weighted by Gasteiger charge is 2.25. The lowest BCUT2D eigenvalue weighted by molar-refractivity contribution is 0.612. The largest absolute Gasteiger partial charge is 0.389 e. The van der Waals surface area contributed by atoms with Crippen LogP contribution in [0.3, 0.4) is 0 Å². The molecule has 0 amide bonds. The summed E-state index contributed by atoms with van der Waals surface area (Å²) in [6.45, 7) is 5.17. The number of nitrogens with zero attached hydrogens (tertiary/aromatic N) is 2. The molecule has 0 radical (unpaired) electrons. The van der Waals surface area contributed by atoms with E-state index < -0.39 is 0 Å². The first kappa shape index (κ1) is 13.3. The summed E-state index contributed by atoms with van der Waals surface area (Å²) in [4.78, 5) is 7.36. The third-order valence-electron chi connectivity index (χ3n) is 3.76. The molecular weight excluding hydrogens is 242 g/mol. The first-order chi connectivity index (χ1) is 8.65. The van der Waals surface area contributed by atoms with E-state index in [4.69, 9.17) is 18.0 Å². The average molecular weight is 263 g/mol. The van der Waals surface area contributed by atoms with Gasteiger partial charge in [0.15, 0.2) is 0 Å². The fraction of sp³-hybridized carbons (Fsp3) is 0.571. The third-order valence-corrected chi connectivity index (χ3v) is 3.97. The Morgan fingerprint density at radius 1 is 1.50 bits per heavy atom. The van der Waals surface area contributed by atoms with E-state index >= 15 is 0 Å². The van der Waals surface area contributed by atoms with Crippen LogP contribution in [0.25, 0.3) is 0 Å². The summed E-state index contributed by atoms with van der Waals surface area (Å²) in [6, 6.07) is 2.57. The Morgan fingerprint density at radius 2 is 2.17 bits per heavy atom. The maximum atomic E-state index is 5.87. The van der Waals surface area contributed by atoms with E-state index in [1.165, 1.54) is 25.7 Å². The van der Waals surface area contributed by atoms with E-state index in [1.54, 1.807) is 0 Å². The van der Waals surface area contributed by atoms with Crippen LogP contribution < -0.4 is 10.6 Å². The average Bonchev–Trinajstić information content (AvgIpc) is 2.83. The molecule has 1 aliphatic carbocycles. The Kier molecular flexibility index (Phi) is 4.17. The molecule has 4 heteroatoms. The normalized spacial score (nSPS) is 15.9. The van der Waals surface area contributed by atoms with Gasteiger partial charge in [0.25, 0.3) is 0 Å². The van der Waals surface area contributed by atoms with Gasteiger partial charge in [0.2, 0.25) is 0 Å². The maximum absolute atomic E-state index is 5.87. The third kappa shape index (κ3) is 2.48. The molecule has 1 aliphatic rings. The van der Waals surface area contributed by atoms with Crippen molar-refractivity contribution in [3.8, 4) is 0 Å². The zero-order valence-corrected chi connectivity index (χ0v) is 12.0. The summed E-state index contributed by atoms with van der Waals surface area (Å²) in [6.07, 6.45) is 6.98. The van der Waals surface area contributed by atoms with Crippen LogP contribution in [0.2, 0.25) is 0 Å². The van der Waals surface area contributed by atoms with Crippen LogP contribution in [0, 0.1) is 6.92 Å². The zero-order chi connectivity index (χ0) is 13.1. The van der Waals surface area contributed by atoms with Crippen molar-refractivity contribution >= 4 is 23.0 Å². The molecule has 3 nitrogen and oxygen atoms in total. The molecule has 0 unspecified atom stereocenters. The Bertz CT molecular complexity index is 439. The van der Waals surface area contributed by atoms with Crippen molar-refractivity contribution < 1.29 is 0 Å². The fourth-order valence-electron chi connectivity index (χ4n) is 2.86. The topological polar surface area (TPSA) is 42.2 Å². The number of rotatable bonds is 4. The number of aryl methyl sites for hydroxylation is 1. The molecule has 98 valence electrons. The molecule has 2 N–H and O–H groups in total. The molecule has 0 bridgehead atoms. The van der Waals surface area contributed by atoms with Crippen LogP contribution in [-0.2, 0) is 0 Å². The van der Waals surface area contributed by atoms with Gasteiger partial charge in [0, 0.05) is 18.8 Å². The van der Waals surface area contributed by atoms with E-state index in [1.807, 2.05) is 19.2 Å². The summed E-state index contributed by atoms with van der Waals surface area (Å²) in [5.41, 5.74) is 7.93. The van der Waals surface area contributed by atoms with Gasteiger partial charge in [-0.2, -0.15) is 0 Å². The standard InChI is InChI=1S/C14H21N3S/c1-3-17(11-6-4-5-7-11)14-12(13(15)18)10(2)8-9-16-14/h8-9,11H,3-7H2,1-2H3,(H2,15,18). The van der Waals surface area contributed by atoms with Crippen molar-refractivity contribution in [2.45, 2.75) is 45.6 Å². The molecule has 0 atom stereocenters. The number of thiocarbonyl (C=S) groups is 1. The van der Waals surface area contributed by atoms with Crippen LogP contribution in [-0.4, -0.2) is 22.6 Å². The van der Waals surface area contributed by atoms with Gasteiger partial charge in [-0.25, -0.2) is 4.98 Å². The minimum absolute atomic E-state index is 0.451. The van der Waals surface area contributed by atoms with Crippen molar-refractivity contribution in [1.82, 2.24) is 4.98 Å². The van der Waals surface area contributed by atoms with Crippen LogP contribution >= 0.6 is 12.2 Å². The summed E-state index contributed by atoms with van der Waals surface area (Å²) >= 11 is 5.19. The molecule has 1 aromatic heterocycles. The molecule has 18 heavy (non-hydrogen) atoms. The van der Waals surface area contributed by atoms with Crippen molar-refractivity contribution in [1.29, 1.82) is 0 Å². The fourth-order valence-corrected chi connectivity index (χ4v) is 3.12. The number of hydrogen-bond donors (Lipinski definition) is 1. The van der Waals surface area contributed by atoms with Gasteiger partial charge in [-0.1, -0.05) is 25.1 Å². The van der Waals surface area contributed by atoms with Gasteiger partial charge in [0.1, 0.15) is 10.8 Å². The van der Waals surface area contributed by atoms with Gasteiger partial charge in [0.05, 0.1) is 5.56 Å². The van der Waals surface area contributed by atoms with Gasteiger partial charge >= 0.3 is 0 Å². The molecule has 2 rings (SSSR count). The highest BCUT2D eigenvalue weighted by molar-refractivity contribution is 7.80. The predicted molar refractivity (Wildman–Crippen MR) is 80.1 cm³/mol. The van der Waals surface area contributed by atoms with E-state index in [9.17, 15) is 0 Å². The van der Waals surface area contributed by atoms with Gasteiger partial charge in [-0.3, -0.25) is 0 Å². The molecule has 0 saturated heterocycles.